The van der Waals surface area contributed by atoms with Crippen LogP contribution >= 0.6 is 0 Å². The largest absolute Gasteiger partial charge is 0.506 e. The number of ether oxygens (including phenoxy) is 3. The summed E-state index contributed by atoms with van der Waals surface area (Å²) >= 11 is 0. The van der Waals surface area contributed by atoms with Crippen LogP contribution < -0.4 is 4.74 Å². The van der Waals surface area contributed by atoms with Gasteiger partial charge in [0.15, 0.2) is 29.6 Å². The number of benzene rings is 2. The predicted molar refractivity (Wildman–Crippen MR) is 111 cm³/mol. The van der Waals surface area contributed by atoms with Gasteiger partial charge in [-0.1, -0.05) is 12.1 Å². The van der Waals surface area contributed by atoms with Crippen molar-refractivity contribution in [3.8, 4) is 5.75 Å². The monoisotopic (exact) mass is 467 g/mol. The van der Waals surface area contributed by atoms with Gasteiger partial charge in [-0.2, -0.15) is 0 Å². The summed E-state index contributed by atoms with van der Waals surface area (Å²) in [5.41, 5.74) is -1.54. The van der Waals surface area contributed by atoms with Crippen molar-refractivity contribution in [2.75, 3.05) is 13.2 Å². The first-order valence-electron chi connectivity index (χ1n) is 10.2. The molecule has 1 unspecified atom stereocenters. The molecule has 0 bridgehead atoms. The Labute approximate surface area is 187 Å². The molecule has 1 aliphatic heterocycles. The first-order valence-corrected chi connectivity index (χ1v) is 10.2. The van der Waals surface area contributed by atoms with Gasteiger partial charge in [0.05, 0.1) is 18.8 Å². The summed E-state index contributed by atoms with van der Waals surface area (Å²) in [6, 6.07) is 6.72. The fraction of sp³-hybridized carbons (Fsp3) is 0.304. The van der Waals surface area contributed by atoms with E-state index in [4.69, 9.17) is 14.2 Å². The second kappa shape index (κ2) is 11.0. The Hall–Kier alpha value is -3.40. The van der Waals surface area contributed by atoms with Crippen molar-refractivity contribution in [3.05, 3.63) is 64.7 Å². The SMILES string of the molecule is CCOC(=O)/C(C=Nc1ccccc1OC1CCCCO1)=C(/O)c1cc(F)c(F)c(F)c1F. The van der Waals surface area contributed by atoms with Gasteiger partial charge in [-0.15, -0.1) is 0 Å². The third-order valence-corrected chi connectivity index (χ3v) is 4.70. The highest BCUT2D eigenvalue weighted by molar-refractivity contribution is 6.15. The summed E-state index contributed by atoms with van der Waals surface area (Å²) in [5.74, 6) is -9.82. The minimum atomic E-state index is -2.14. The van der Waals surface area contributed by atoms with Crippen LogP contribution in [0.15, 0.2) is 40.9 Å². The number of hydrogen-bond acceptors (Lipinski definition) is 6. The molecule has 0 radical (unpaired) electrons. The number of nitrogens with zero attached hydrogens (tertiary/aromatic N) is 1. The Balaban J connectivity index is 2.01. The lowest BCUT2D eigenvalue weighted by Crippen LogP contribution is -2.25. The second-order valence-corrected chi connectivity index (χ2v) is 6.97. The van der Waals surface area contributed by atoms with Crippen molar-refractivity contribution in [3.63, 3.8) is 0 Å². The maximum absolute atomic E-state index is 14.2. The average molecular weight is 467 g/mol. The molecule has 1 saturated heterocycles. The molecule has 2 aromatic carbocycles. The normalized spacial score (nSPS) is 17.1. The van der Waals surface area contributed by atoms with Crippen LogP contribution in [-0.2, 0) is 14.3 Å². The molecule has 33 heavy (non-hydrogen) atoms. The van der Waals surface area contributed by atoms with Crippen LogP contribution in [0.25, 0.3) is 5.76 Å². The highest BCUT2D eigenvalue weighted by Crippen LogP contribution is 2.31. The first kappa shape index (κ1) is 24.2. The smallest absolute Gasteiger partial charge is 0.343 e. The summed E-state index contributed by atoms with van der Waals surface area (Å²) < 4.78 is 70.9. The number of para-hydroxylation sites is 2. The van der Waals surface area contributed by atoms with Gasteiger partial charge in [0, 0.05) is 12.6 Å². The molecule has 0 amide bonds. The van der Waals surface area contributed by atoms with Crippen LogP contribution in [0, 0.1) is 23.3 Å². The Morgan fingerprint density at radius 3 is 2.64 bits per heavy atom. The van der Waals surface area contributed by atoms with Gasteiger partial charge in [-0.3, -0.25) is 4.99 Å². The molecular weight excluding hydrogens is 446 g/mol. The zero-order valence-electron chi connectivity index (χ0n) is 17.6. The van der Waals surface area contributed by atoms with E-state index in [0.717, 1.165) is 19.1 Å². The average Bonchev–Trinajstić information content (AvgIpc) is 2.82. The molecule has 2 aromatic rings. The molecule has 1 heterocycles. The van der Waals surface area contributed by atoms with E-state index in [9.17, 15) is 27.5 Å². The molecule has 1 N–H and O–H groups in total. The quantitative estimate of drug-likeness (QED) is 0.113. The van der Waals surface area contributed by atoms with Crippen molar-refractivity contribution in [1.29, 1.82) is 0 Å². The van der Waals surface area contributed by atoms with Crippen molar-refractivity contribution >= 4 is 23.6 Å². The number of aliphatic hydroxyl groups is 1. The number of aliphatic imine (C=N–C) groups is 1. The van der Waals surface area contributed by atoms with E-state index in [1.807, 2.05) is 0 Å². The summed E-state index contributed by atoms with van der Waals surface area (Å²) in [6.07, 6.45) is 2.89. The third kappa shape index (κ3) is 5.70. The minimum Gasteiger partial charge on any atom is -0.506 e. The number of esters is 1. The fourth-order valence-electron chi connectivity index (χ4n) is 3.05. The number of hydrogen-bond donors (Lipinski definition) is 1. The van der Waals surface area contributed by atoms with E-state index >= 15 is 0 Å². The topological polar surface area (TPSA) is 77.4 Å². The molecule has 3 rings (SSSR count). The highest BCUT2D eigenvalue weighted by atomic mass is 19.2. The third-order valence-electron chi connectivity index (χ3n) is 4.70. The second-order valence-electron chi connectivity index (χ2n) is 6.97. The molecule has 0 saturated carbocycles. The minimum absolute atomic E-state index is 0.114. The molecule has 1 fully saturated rings. The van der Waals surface area contributed by atoms with Crippen LogP contribution in [-0.4, -0.2) is 36.8 Å². The zero-order valence-corrected chi connectivity index (χ0v) is 17.6. The number of carbonyl (C=O) groups excluding carboxylic acids is 1. The van der Waals surface area contributed by atoms with Crippen molar-refractivity contribution in [1.82, 2.24) is 0 Å². The molecule has 1 aliphatic rings. The van der Waals surface area contributed by atoms with E-state index in [1.165, 1.54) is 6.92 Å². The van der Waals surface area contributed by atoms with E-state index in [0.29, 0.717) is 18.8 Å². The molecular formula is C23H21F4NO5. The van der Waals surface area contributed by atoms with Crippen molar-refractivity contribution < 1.29 is 41.7 Å². The summed E-state index contributed by atoms with van der Waals surface area (Å²) in [5, 5.41) is 10.4. The summed E-state index contributed by atoms with van der Waals surface area (Å²) in [4.78, 5) is 16.5. The molecule has 0 aliphatic carbocycles. The maximum atomic E-state index is 14.2. The van der Waals surface area contributed by atoms with Gasteiger partial charge in [-0.05, 0) is 38.0 Å². The van der Waals surface area contributed by atoms with Gasteiger partial charge in [0.25, 0.3) is 0 Å². The Morgan fingerprint density at radius 2 is 1.94 bits per heavy atom. The number of carbonyl (C=O) groups is 1. The lowest BCUT2D eigenvalue weighted by Gasteiger charge is -2.24. The molecule has 10 heteroatoms. The van der Waals surface area contributed by atoms with Crippen LogP contribution in [0.1, 0.15) is 31.7 Å². The van der Waals surface area contributed by atoms with E-state index < -0.39 is 52.4 Å². The Bertz CT molecular complexity index is 1080. The van der Waals surface area contributed by atoms with Gasteiger partial charge in [0.2, 0.25) is 0 Å². The Kier molecular flexibility index (Phi) is 8.05. The van der Waals surface area contributed by atoms with Gasteiger partial charge in [0.1, 0.15) is 22.8 Å². The standard InChI is InChI=1S/C23H21F4NO5/c1-2-31-23(30)14(22(29)13-11-15(24)20(26)21(27)19(13)25)12-28-16-7-3-4-8-17(16)33-18-9-5-6-10-32-18/h3-4,7-8,11-12,18,29H,2,5-6,9-10H2,1H3/b22-14+,28-12?. The fourth-order valence-corrected chi connectivity index (χ4v) is 3.05. The zero-order chi connectivity index (χ0) is 24.0. The predicted octanol–water partition coefficient (Wildman–Crippen LogP) is 5.38. The van der Waals surface area contributed by atoms with E-state index in [-0.39, 0.29) is 18.4 Å². The van der Waals surface area contributed by atoms with Gasteiger partial charge >= 0.3 is 5.97 Å². The molecule has 1 atom stereocenters. The van der Waals surface area contributed by atoms with Crippen LogP contribution in [0.2, 0.25) is 0 Å². The summed E-state index contributed by atoms with van der Waals surface area (Å²) in [7, 11) is 0. The lowest BCUT2D eigenvalue weighted by molar-refractivity contribution is -0.137. The van der Waals surface area contributed by atoms with E-state index in [1.54, 1.807) is 24.3 Å². The molecule has 6 nitrogen and oxygen atoms in total. The Morgan fingerprint density at radius 1 is 1.18 bits per heavy atom. The molecule has 0 aromatic heterocycles. The van der Waals surface area contributed by atoms with Gasteiger partial charge in [-0.25, -0.2) is 22.4 Å². The highest BCUT2D eigenvalue weighted by Gasteiger charge is 2.25. The first-order chi connectivity index (χ1) is 15.8. The lowest BCUT2D eigenvalue weighted by atomic mass is 10.1. The number of aliphatic hydroxyl groups excluding tert-OH is 1. The van der Waals surface area contributed by atoms with E-state index in [2.05, 4.69) is 4.99 Å². The van der Waals surface area contributed by atoms with Crippen LogP contribution in [0.5, 0.6) is 5.75 Å². The van der Waals surface area contributed by atoms with Crippen molar-refractivity contribution in [2.24, 2.45) is 4.99 Å². The molecule has 176 valence electrons. The van der Waals surface area contributed by atoms with Crippen molar-refractivity contribution in [2.45, 2.75) is 32.5 Å². The number of rotatable bonds is 7. The van der Waals surface area contributed by atoms with Gasteiger partial charge < -0.3 is 19.3 Å². The summed E-state index contributed by atoms with van der Waals surface area (Å²) in [6.45, 7) is 1.92. The number of halogens is 4. The maximum Gasteiger partial charge on any atom is 0.343 e. The molecule has 0 spiro atoms. The van der Waals surface area contributed by atoms with Crippen LogP contribution in [0.3, 0.4) is 0 Å². The van der Waals surface area contributed by atoms with Crippen LogP contribution in [0.4, 0.5) is 23.2 Å².